The Morgan fingerprint density at radius 3 is 2.41 bits per heavy atom. The molecule has 0 atom stereocenters. The van der Waals surface area contributed by atoms with Crippen molar-refractivity contribution in [2.45, 2.75) is 31.6 Å². The zero-order chi connectivity index (χ0) is 12.3. The number of hydrogen-bond acceptors (Lipinski definition) is 1. The molecule has 17 heavy (non-hydrogen) atoms. The van der Waals surface area contributed by atoms with Gasteiger partial charge in [0.15, 0.2) is 0 Å². The molecule has 1 nitrogen and oxygen atoms in total. The number of rotatable bonds is 6. The van der Waals surface area contributed by atoms with Crippen molar-refractivity contribution in [1.82, 2.24) is 5.32 Å². The summed E-state index contributed by atoms with van der Waals surface area (Å²) in [5.41, 5.74) is 1.31. The first kappa shape index (κ1) is 12.5. The molecule has 0 radical (unpaired) electrons. The first-order chi connectivity index (χ1) is 8.14. The summed E-state index contributed by atoms with van der Waals surface area (Å²) in [6.07, 6.45) is 3.30. The molecule has 0 amide bonds. The minimum absolute atomic E-state index is 0.178. The van der Waals surface area contributed by atoms with Crippen LogP contribution in [0.2, 0.25) is 0 Å². The normalized spacial score (nSPS) is 16.2. The van der Waals surface area contributed by atoms with Gasteiger partial charge >= 0.3 is 0 Å². The molecule has 94 valence electrons. The van der Waals surface area contributed by atoms with Crippen LogP contribution in [-0.4, -0.2) is 13.6 Å². The molecule has 0 saturated heterocycles. The van der Waals surface area contributed by atoms with Crippen LogP contribution >= 0.6 is 0 Å². The quantitative estimate of drug-likeness (QED) is 0.751. The lowest BCUT2D eigenvalue weighted by Gasteiger charge is -2.16. The lowest BCUT2D eigenvalue weighted by Crippen LogP contribution is -2.15. The van der Waals surface area contributed by atoms with Gasteiger partial charge in [-0.25, -0.2) is 8.78 Å². The van der Waals surface area contributed by atoms with Crippen LogP contribution in [0.1, 0.15) is 30.4 Å². The predicted molar refractivity (Wildman–Crippen MR) is 65.3 cm³/mol. The van der Waals surface area contributed by atoms with Crippen molar-refractivity contribution in [3.63, 3.8) is 0 Å². The topological polar surface area (TPSA) is 12.0 Å². The van der Waals surface area contributed by atoms with E-state index in [-0.39, 0.29) is 5.56 Å². The molecule has 0 spiro atoms. The fraction of sp³-hybridized carbons (Fsp3) is 0.571. The van der Waals surface area contributed by atoms with Crippen LogP contribution in [0.3, 0.4) is 0 Å². The summed E-state index contributed by atoms with van der Waals surface area (Å²) in [5, 5.41) is 3.08. The molecule has 0 heterocycles. The van der Waals surface area contributed by atoms with Crippen molar-refractivity contribution in [2.24, 2.45) is 5.92 Å². The molecule has 1 N–H and O–H groups in total. The Hall–Kier alpha value is -0.960. The van der Waals surface area contributed by atoms with Crippen LogP contribution in [0.5, 0.6) is 0 Å². The molecule has 0 aliphatic heterocycles. The largest absolute Gasteiger partial charge is 0.320 e. The Morgan fingerprint density at radius 2 is 1.88 bits per heavy atom. The highest BCUT2D eigenvalue weighted by molar-refractivity contribution is 5.27. The molecule has 3 heteroatoms. The third-order valence-corrected chi connectivity index (χ3v) is 3.32. The number of hydrogen-bond donors (Lipinski definition) is 1. The number of halogens is 2. The average molecular weight is 239 g/mol. The van der Waals surface area contributed by atoms with Crippen LogP contribution < -0.4 is 5.32 Å². The highest BCUT2D eigenvalue weighted by Gasteiger charge is 2.47. The molecule has 1 aliphatic rings. The van der Waals surface area contributed by atoms with E-state index >= 15 is 0 Å². The third kappa shape index (κ3) is 3.03. The second-order valence-electron chi connectivity index (χ2n) is 4.80. The smallest absolute Gasteiger partial charge is 0.276 e. The molecule has 0 aromatic heterocycles. The fourth-order valence-corrected chi connectivity index (χ4v) is 2.04. The number of aryl methyl sites for hydroxylation is 1. The maximum Gasteiger partial charge on any atom is 0.276 e. The lowest BCUT2D eigenvalue weighted by molar-refractivity contribution is -0.0285. The first-order valence-corrected chi connectivity index (χ1v) is 6.26. The van der Waals surface area contributed by atoms with Gasteiger partial charge in [0, 0.05) is 11.5 Å². The Balaban J connectivity index is 1.97. The van der Waals surface area contributed by atoms with Gasteiger partial charge in [0.25, 0.3) is 5.92 Å². The van der Waals surface area contributed by atoms with Crippen LogP contribution in [-0.2, 0) is 12.3 Å². The minimum atomic E-state index is -2.62. The molecule has 2 rings (SSSR count). The van der Waals surface area contributed by atoms with E-state index in [1.165, 1.54) is 0 Å². The minimum Gasteiger partial charge on any atom is -0.320 e. The summed E-state index contributed by atoms with van der Waals surface area (Å²) in [7, 11) is 1.92. The van der Waals surface area contributed by atoms with Gasteiger partial charge in [0.1, 0.15) is 0 Å². The Bertz CT molecular complexity index is 355. The second-order valence-corrected chi connectivity index (χ2v) is 4.80. The van der Waals surface area contributed by atoms with Crippen molar-refractivity contribution in [3.8, 4) is 0 Å². The van der Waals surface area contributed by atoms with Gasteiger partial charge in [0.05, 0.1) is 0 Å². The van der Waals surface area contributed by atoms with Crippen LogP contribution in [0, 0.1) is 5.92 Å². The zero-order valence-corrected chi connectivity index (χ0v) is 10.2. The first-order valence-electron chi connectivity index (χ1n) is 6.26. The molecule has 0 unspecified atom stereocenters. The molecule has 1 aromatic carbocycles. The Kier molecular flexibility index (Phi) is 3.77. The third-order valence-electron chi connectivity index (χ3n) is 3.32. The lowest BCUT2D eigenvalue weighted by atomic mass is 10.0. The van der Waals surface area contributed by atoms with Gasteiger partial charge in [-0.3, -0.25) is 0 Å². The fourth-order valence-electron chi connectivity index (χ4n) is 2.04. The van der Waals surface area contributed by atoms with Gasteiger partial charge in [0.2, 0.25) is 0 Å². The van der Waals surface area contributed by atoms with Gasteiger partial charge < -0.3 is 5.32 Å². The van der Waals surface area contributed by atoms with Crippen LogP contribution in [0.15, 0.2) is 24.3 Å². The summed E-state index contributed by atoms with van der Waals surface area (Å²) in [6, 6.07) is 6.85. The Labute approximate surface area is 101 Å². The van der Waals surface area contributed by atoms with E-state index in [0.29, 0.717) is 12.8 Å². The second kappa shape index (κ2) is 5.13. The van der Waals surface area contributed by atoms with Crippen LogP contribution in [0.4, 0.5) is 8.78 Å². The van der Waals surface area contributed by atoms with Gasteiger partial charge in [-0.15, -0.1) is 0 Å². The van der Waals surface area contributed by atoms with Crippen molar-refractivity contribution in [3.05, 3.63) is 35.4 Å². The monoisotopic (exact) mass is 239 g/mol. The van der Waals surface area contributed by atoms with Crippen molar-refractivity contribution >= 4 is 0 Å². The summed E-state index contributed by atoms with van der Waals surface area (Å²) in [6.45, 7) is 0.958. The highest BCUT2D eigenvalue weighted by Crippen LogP contribution is 2.49. The molecular weight excluding hydrogens is 220 g/mol. The molecule has 1 aromatic rings. The van der Waals surface area contributed by atoms with E-state index < -0.39 is 11.8 Å². The molecule has 1 saturated carbocycles. The van der Waals surface area contributed by atoms with E-state index in [1.54, 1.807) is 12.1 Å². The summed E-state index contributed by atoms with van der Waals surface area (Å²) in [5.74, 6) is -3.04. The zero-order valence-electron chi connectivity index (χ0n) is 10.2. The SMILES string of the molecule is CNCCCc1ccc(C(F)(F)C2CC2)cc1. The summed E-state index contributed by atoms with van der Waals surface area (Å²) in [4.78, 5) is 0. The Morgan fingerprint density at radius 1 is 1.24 bits per heavy atom. The van der Waals surface area contributed by atoms with Gasteiger partial charge in [-0.05, 0) is 44.8 Å². The average Bonchev–Trinajstić information content (AvgIpc) is 3.14. The van der Waals surface area contributed by atoms with Gasteiger partial charge in [-0.2, -0.15) is 0 Å². The van der Waals surface area contributed by atoms with E-state index in [2.05, 4.69) is 5.32 Å². The summed E-state index contributed by atoms with van der Waals surface area (Å²) < 4.78 is 27.5. The number of nitrogens with one attached hydrogen (secondary N) is 1. The highest BCUT2D eigenvalue weighted by atomic mass is 19.3. The molecule has 0 bridgehead atoms. The van der Waals surface area contributed by atoms with E-state index in [4.69, 9.17) is 0 Å². The molecule has 1 aliphatic carbocycles. The maximum absolute atomic E-state index is 13.8. The van der Waals surface area contributed by atoms with E-state index in [9.17, 15) is 8.78 Å². The predicted octanol–water partition coefficient (Wildman–Crippen LogP) is 3.34. The molecule has 1 fully saturated rings. The standard InChI is InChI=1S/C14H19F2N/c1-17-10-2-3-11-4-6-12(7-5-11)14(15,16)13-8-9-13/h4-7,13,17H,2-3,8-10H2,1H3. The van der Waals surface area contributed by atoms with Crippen molar-refractivity contribution < 1.29 is 8.78 Å². The van der Waals surface area contributed by atoms with Crippen LogP contribution in [0.25, 0.3) is 0 Å². The number of alkyl halides is 2. The van der Waals surface area contributed by atoms with Crippen molar-refractivity contribution in [2.75, 3.05) is 13.6 Å². The van der Waals surface area contributed by atoms with Gasteiger partial charge in [-0.1, -0.05) is 24.3 Å². The summed E-state index contributed by atoms with van der Waals surface area (Å²) >= 11 is 0. The maximum atomic E-state index is 13.8. The van der Waals surface area contributed by atoms with E-state index in [1.807, 2.05) is 19.2 Å². The van der Waals surface area contributed by atoms with E-state index in [0.717, 1.165) is 24.9 Å². The van der Waals surface area contributed by atoms with Crippen molar-refractivity contribution in [1.29, 1.82) is 0 Å². The molecular formula is C14H19F2N. The number of benzene rings is 1.